The molecule has 14 heavy (non-hydrogen) atoms. The van der Waals surface area contributed by atoms with Gasteiger partial charge in [0, 0.05) is 13.1 Å². The fraction of sp³-hybridized carbons (Fsp3) is 0.571. The third-order valence-electron chi connectivity index (χ3n) is 1.51. The van der Waals surface area contributed by atoms with Crippen LogP contribution in [-0.2, 0) is 0 Å². The Labute approximate surface area is 86.2 Å². The molecule has 0 saturated carbocycles. The van der Waals surface area contributed by atoms with Gasteiger partial charge >= 0.3 is 0 Å². The molecule has 0 aromatic carbocycles. The van der Waals surface area contributed by atoms with Gasteiger partial charge in [-0.15, -0.1) is 0 Å². The summed E-state index contributed by atoms with van der Waals surface area (Å²) in [4.78, 5) is 12.7. The number of aliphatic hydroxyl groups excluding tert-OH is 2. The number of anilines is 1. The Morgan fingerprint density at radius 2 is 1.86 bits per heavy atom. The highest BCUT2D eigenvalue weighted by atomic mass is 35.5. The van der Waals surface area contributed by atoms with E-state index >= 15 is 0 Å². The normalized spacial score (nSPS) is 10.2. The van der Waals surface area contributed by atoms with Crippen molar-refractivity contribution in [3.63, 3.8) is 0 Å². The molecule has 0 amide bonds. The average molecular weight is 218 g/mol. The predicted octanol–water partition coefficient (Wildman–Crippen LogP) is -0.884. The van der Waals surface area contributed by atoms with Gasteiger partial charge in [-0.3, -0.25) is 0 Å². The molecule has 77 valence electrons. The molecule has 1 rings (SSSR count). The zero-order valence-electron chi connectivity index (χ0n) is 7.39. The maximum absolute atomic E-state index is 8.76. The van der Waals surface area contributed by atoms with Crippen LogP contribution in [0.3, 0.4) is 0 Å². The number of halogens is 1. The van der Waals surface area contributed by atoms with Crippen LogP contribution in [0.25, 0.3) is 0 Å². The molecule has 0 bridgehead atoms. The first-order valence-electron chi connectivity index (χ1n) is 4.02. The largest absolute Gasteiger partial charge is 0.395 e. The van der Waals surface area contributed by atoms with E-state index in [2.05, 4.69) is 21.3 Å². The zero-order chi connectivity index (χ0) is 10.4. The van der Waals surface area contributed by atoms with Crippen molar-refractivity contribution in [1.29, 1.82) is 0 Å². The van der Waals surface area contributed by atoms with Crippen LogP contribution < -0.4 is 4.90 Å². The van der Waals surface area contributed by atoms with Gasteiger partial charge < -0.3 is 15.1 Å². The fourth-order valence-corrected chi connectivity index (χ4v) is 1.05. The highest BCUT2D eigenvalue weighted by Crippen LogP contribution is 2.07. The summed E-state index contributed by atoms with van der Waals surface area (Å²) in [5.41, 5.74) is 0. The van der Waals surface area contributed by atoms with E-state index in [1.807, 2.05) is 0 Å². The number of aliphatic hydroxyl groups is 2. The molecule has 1 heterocycles. The molecule has 2 N–H and O–H groups in total. The zero-order valence-corrected chi connectivity index (χ0v) is 8.15. The van der Waals surface area contributed by atoms with E-state index < -0.39 is 0 Å². The molecule has 0 aliphatic carbocycles. The molecule has 1 aromatic heterocycles. The van der Waals surface area contributed by atoms with E-state index in [0.29, 0.717) is 19.0 Å². The van der Waals surface area contributed by atoms with Crippen LogP contribution in [0.5, 0.6) is 0 Å². The summed E-state index contributed by atoms with van der Waals surface area (Å²) < 4.78 is 0. The van der Waals surface area contributed by atoms with E-state index in [1.165, 1.54) is 0 Å². The van der Waals surface area contributed by atoms with Crippen LogP contribution in [0.4, 0.5) is 5.95 Å². The second-order valence-electron chi connectivity index (χ2n) is 2.44. The molecule has 0 spiro atoms. The molecule has 0 aliphatic rings. The third-order valence-corrected chi connectivity index (χ3v) is 1.68. The number of hydrogen-bond donors (Lipinski definition) is 2. The first-order chi connectivity index (χ1) is 6.77. The van der Waals surface area contributed by atoms with Gasteiger partial charge in [0.2, 0.25) is 17.6 Å². The molecule has 7 heteroatoms. The molecule has 0 saturated heterocycles. The van der Waals surface area contributed by atoms with Crippen LogP contribution in [0, 0.1) is 6.33 Å². The van der Waals surface area contributed by atoms with Gasteiger partial charge in [0.25, 0.3) is 0 Å². The molecular weight excluding hydrogens is 208 g/mol. The Hall–Kier alpha value is -0.980. The van der Waals surface area contributed by atoms with E-state index in [0.717, 1.165) is 0 Å². The van der Waals surface area contributed by atoms with Crippen LogP contribution in [-0.4, -0.2) is 51.5 Å². The summed E-state index contributed by atoms with van der Waals surface area (Å²) in [7, 11) is 0. The molecule has 0 atom stereocenters. The van der Waals surface area contributed by atoms with Crippen molar-refractivity contribution in [3.8, 4) is 0 Å². The molecule has 0 unspecified atom stereocenters. The van der Waals surface area contributed by atoms with E-state index in [-0.39, 0.29) is 18.5 Å². The minimum absolute atomic E-state index is 0.0379. The van der Waals surface area contributed by atoms with Crippen molar-refractivity contribution in [2.75, 3.05) is 31.2 Å². The topological polar surface area (TPSA) is 82.4 Å². The van der Waals surface area contributed by atoms with Crippen LogP contribution in [0.2, 0.25) is 5.28 Å². The first kappa shape index (κ1) is 11.1. The van der Waals surface area contributed by atoms with Crippen LogP contribution in [0.1, 0.15) is 0 Å². The fourth-order valence-electron chi connectivity index (χ4n) is 0.938. The average Bonchev–Trinajstić information content (AvgIpc) is 2.17. The Morgan fingerprint density at radius 1 is 1.21 bits per heavy atom. The van der Waals surface area contributed by atoms with E-state index in [4.69, 9.17) is 21.8 Å². The lowest BCUT2D eigenvalue weighted by atomic mass is 10.5. The Bertz CT molecular complexity index is 280. The quantitative estimate of drug-likeness (QED) is 0.666. The van der Waals surface area contributed by atoms with Gasteiger partial charge in [-0.1, -0.05) is 0 Å². The number of rotatable bonds is 5. The maximum atomic E-state index is 8.76. The molecular formula is C7H10ClN4O2. The van der Waals surface area contributed by atoms with Gasteiger partial charge in [0.15, 0.2) is 0 Å². The summed E-state index contributed by atoms with van der Waals surface area (Å²) >= 11 is 5.54. The molecule has 0 fully saturated rings. The highest BCUT2D eigenvalue weighted by molar-refractivity contribution is 6.28. The smallest absolute Gasteiger partial charge is 0.230 e. The molecule has 0 aliphatic heterocycles. The van der Waals surface area contributed by atoms with Crippen molar-refractivity contribution in [1.82, 2.24) is 15.0 Å². The van der Waals surface area contributed by atoms with Gasteiger partial charge in [-0.25, -0.2) is 0 Å². The second kappa shape index (κ2) is 5.69. The lowest BCUT2D eigenvalue weighted by Gasteiger charge is -2.19. The summed E-state index contributed by atoms with van der Waals surface area (Å²) in [6, 6.07) is 0. The summed E-state index contributed by atoms with van der Waals surface area (Å²) in [5, 5.41) is 17.6. The van der Waals surface area contributed by atoms with Crippen LogP contribution >= 0.6 is 11.6 Å². The maximum Gasteiger partial charge on any atom is 0.230 e. The SMILES string of the molecule is OCCN(CCO)c1n[c]nc(Cl)n1. The summed E-state index contributed by atoms with van der Waals surface area (Å²) in [6.45, 7) is 0.552. The predicted molar refractivity (Wildman–Crippen MR) is 50.1 cm³/mol. The van der Waals surface area contributed by atoms with E-state index in [1.54, 1.807) is 4.90 Å². The van der Waals surface area contributed by atoms with Crippen molar-refractivity contribution in [2.45, 2.75) is 0 Å². The molecule has 1 aromatic rings. The van der Waals surface area contributed by atoms with Crippen molar-refractivity contribution in [3.05, 3.63) is 11.6 Å². The van der Waals surface area contributed by atoms with Crippen molar-refractivity contribution in [2.24, 2.45) is 0 Å². The Kier molecular flexibility index (Phi) is 4.51. The lowest BCUT2D eigenvalue weighted by Crippen LogP contribution is -2.31. The van der Waals surface area contributed by atoms with Gasteiger partial charge in [0.05, 0.1) is 13.2 Å². The minimum atomic E-state index is -0.0523. The van der Waals surface area contributed by atoms with Crippen molar-refractivity contribution >= 4 is 17.5 Å². The van der Waals surface area contributed by atoms with Crippen molar-refractivity contribution < 1.29 is 10.2 Å². The first-order valence-corrected chi connectivity index (χ1v) is 4.40. The molecule has 1 radical (unpaired) electrons. The van der Waals surface area contributed by atoms with Gasteiger partial charge in [-0.2, -0.15) is 15.0 Å². The molecule has 6 nitrogen and oxygen atoms in total. The summed E-state index contributed by atoms with van der Waals surface area (Å²) in [6.07, 6.45) is 2.33. The lowest BCUT2D eigenvalue weighted by molar-refractivity contribution is 0.280. The highest BCUT2D eigenvalue weighted by Gasteiger charge is 2.08. The van der Waals surface area contributed by atoms with Gasteiger partial charge in [-0.05, 0) is 11.6 Å². The number of hydrogen-bond acceptors (Lipinski definition) is 6. The van der Waals surface area contributed by atoms with Crippen LogP contribution in [0.15, 0.2) is 0 Å². The second-order valence-corrected chi connectivity index (χ2v) is 2.78. The van der Waals surface area contributed by atoms with E-state index in [9.17, 15) is 0 Å². The Balaban J connectivity index is 2.75. The third kappa shape index (κ3) is 3.06. The standard InChI is InChI=1S/C7H10ClN4O2/c8-6-9-5-10-7(11-6)12(1-3-13)2-4-14/h13-14H,1-4H2. The monoisotopic (exact) mass is 217 g/mol. The number of nitrogens with zero attached hydrogens (tertiary/aromatic N) is 4. The van der Waals surface area contributed by atoms with Gasteiger partial charge in [0.1, 0.15) is 0 Å². The Morgan fingerprint density at radius 3 is 2.36 bits per heavy atom. The summed E-state index contributed by atoms with van der Waals surface area (Å²) in [5.74, 6) is 0.299. The number of aromatic nitrogens is 3. The minimum Gasteiger partial charge on any atom is -0.395 e.